The van der Waals surface area contributed by atoms with Crippen molar-refractivity contribution in [1.29, 1.82) is 0 Å². The van der Waals surface area contributed by atoms with Crippen LogP contribution in [0.5, 0.6) is 11.5 Å². The fourth-order valence-corrected chi connectivity index (χ4v) is 4.23. The van der Waals surface area contributed by atoms with Crippen molar-refractivity contribution in [2.45, 2.75) is 5.16 Å². The van der Waals surface area contributed by atoms with Crippen molar-refractivity contribution < 1.29 is 9.53 Å². The number of nitrogens with zero attached hydrogens (tertiary/aromatic N) is 5. The lowest BCUT2D eigenvalue weighted by Gasteiger charge is -2.10. The lowest BCUT2D eigenvalue weighted by atomic mass is 10.2. The number of benzene rings is 3. The van der Waals surface area contributed by atoms with E-state index in [9.17, 15) is 4.79 Å². The molecule has 1 N–H and O–H groups in total. The normalized spacial score (nSPS) is 10.9. The number of ether oxygens (including phenoxy) is 1. The SMILES string of the molecule is O=C(CSc1nnc(-c2ccncc2)n1-c1ccccc1)NN=Cc1cccc(Oc2ccccc2)c1. The van der Waals surface area contributed by atoms with Crippen molar-refractivity contribution in [3.8, 4) is 28.6 Å². The molecule has 2 heterocycles. The van der Waals surface area contributed by atoms with E-state index in [1.807, 2.05) is 102 Å². The summed E-state index contributed by atoms with van der Waals surface area (Å²) in [5.74, 6) is 1.97. The van der Waals surface area contributed by atoms with Crippen LogP contribution in [0, 0.1) is 0 Å². The van der Waals surface area contributed by atoms with E-state index in [1.165, 1.54) is 11.8 Å². The predicted octanol–water partition coefficient (Wildman–Crippen LogP) is 5.36. The third kappa shape index (κ3) is 6.28. The van der Waals surface area contributed by atoms with Crippen LogP contribution in [0.25, 0.3) is 17.1 Å². The predicted molar refractivity (Wildman–Crippen MR) is 144 cm³/mol. The Kier molecular flexibility index (Phi) is 7.63. The molecule has 1 amide bonds. The summed E-state index contributed by atoms with van der Waals surface area (Å²) in [5.41, 5.74) is 5.15. The number of nitrogens with one attached hydrogen (secondary N) is 1. The van der Waals surface area contributed by atoms with Gasteiger partial charge in [0.05, 0.1) is 12.0 Å². The van der Waals surface area contributed by atoms with Gasteiger partial charge in [0.25, 0.3) is 5.91 Å². The highest BCUT2D eigenvalue weighted by Gasteiger charge is 2.17. The van der Waals surface area contributed by atoms with E-state index in [0.717, 1.165) is 22.6 Å². The second-order valence-electron chi connectivity index (χ2n) is 7.78. The minimum atomic E-state index is -0.258. The minimum Gasteiger partial charge on any atom is -0.457 e. The van der Waals surface area contributed by atoms with E-state index in [1.54, 1.807) is 18.6 Å². The van der Waals surface area contributed by atoms with E-state index in [0.29, 0.717) is 16.7 Å². The van der Waals surface area contributed by atoms with Gasteiger partial charge >= 0.3 is 0 Å². The Morgan fingerprint density at radius 1 is 0.892 bits per heavy atom. The topological polar surface area (TPSA) is 94.3 Å². The number of rotatable bonds is 9. The van der Waals surface area contributed by atoms with E-state index in [4.69, 9.17) is 4.74 Å². The van der Waals surface area contributed by atoms with Crippen molar-refractivity contribution in [3.05, 3.63) is 115 Å². The molecule has 182 valence electrons. The lowest BCUT2D eigenvalue weighted by Crippen LogP contribution is -2.20. The first-order valence-corrected chi connectivity index (χ1v) is 12.4. The van der Waals surface area contributed by atoms with Gasteiger partial charge in [0.2, 0.25) is 0 Å². The average molecular weight is 507 g/mol. The standard InChI is InChI=1S/C28H22N6O2S/c35-26(31-30-19-21-8-7-13-25(18-21)36-24-11-5-2-6-12-24)20-37-28-33-32-27(22-14-16-29-17-15-22)34(28)23-9-3-1-4-10-23/h1-19H,20H2,(H,31,35). The molecule has 0 aliphatic rings. The van der Waals surface area contributed by atoms with Gasteiger partial charge in [-0.2, -0.15) is 5.10 Å². The van der Waals surface area contributed by atoms with Crippen molar-refractivity contribution in [3.63, 3.8) is 0 Å². The Morgan fingerprint density at radius 3 is 2.41 bits per heavy atom. The number of carbonyl (C=O) groups is 1. The molecule has 9 heteroatoms. The molecular formula is C28H22N6O2S. The van der Waals surface area contributed by atoms with Gasteiger partial charge in [-0.1, -0.05) is 60.3 Å². The molecule has 8 nitrogen and oxygen atoms in total. The lowest BCUT2D eigenvalue weighted by molar-refractivity contribution is -0.118. The molecule has 0 aliphatic heterocycles. The molecule has 0 atom stereocenters. The number of pyridine rings is 1. The zero-order valence-electron chi connectivity index (χ0n) is 19.6. The highest BCUT2D eigenvalue weighted by molar-refractivity contribution is 7.99. The number of hydrogen-bond donors (Lipinski definition) is 1. The maximum atomic E-state index is 12.5. The highest BCUT2D eigenvalue weighted by Crippen LogP contribution is 2.27. The monoisotopic (exact) mass is 506 g/mol. The first kappa shape index (κ1) is 24.0. The van der Waals surface area contributed by atoms with Gasteiger partial charge in [-0.15, -0.1) is 10.2 Å². The van der Waals surface area contributed by atoms with Crippen LogP contribution in [0.2, 0.25) is 0 Å². The average Bonchev–Trinajstić information content (AvgIpc) is 3.38. The second-order valence-corrected chi connectivity index (χ2v) is 8.72. The molecule has 5 rings (SSSR count). The van der Waals surface area contributed by atoms with Gasteiger partial charge in [-0.25, -0.2) is 5.43 Å². The number of aromatic nitrogens is 4. The summed E-state index contributed by atoms with van der Waals surface area (Å²) >= 11 is 1.28. The summed E-state index contributed by atoms with van der Waals surface area (Å²) in [6.45, 7) is 0. The molecular weight excluding hydrogens is 484 g/mol. The quantitative estimate of drug-likeness (QED) is 0.164. The zero-order chi connectivity index (χ0) is 25.3. The molecule has 0 bridgehead atoms. The van der Waals surface area contributed by atoms with E-state index in [-0.39, 0.29) is 11.7 Å². The molecule has 0 saturated heterocycles. The number of hydrazone groups is 1. The Balaban J connectivity index is 1.23. The molecule has 3 aromatic carbocycles. The molecule has 0 fully saturated rings. The molecule has 0 saturated carbocycles. The minimum absolute atomic E-state index is 0.121. The van der Waals surface area contributed by atoms with Crippen LogP contribution in [-0.2, 0) is 4.79 Å². The highest BCUT2D eigenvalue weighted by atomic mass is 32.2. The number of hydrogen-bond acceptors (Lipinski definition) is 7. The second kappa shape index (κ2) is 11.8. The van der Waals surface area contributed by atoms with Crippen LogP contribution in [-0.4, -0.2) is 37.6 Å². The Morgan fingerprint density at radius 2 is 1.62 bits per heavy atom. The van der Waals surface area contributed by atoms with Crippen LogP contribution in [0.15, 0.2) is 120 Å². The third-order valence-electron chi connectivity index (χ3n) is 5.16. The van der Waals surface area contributed by atoms with E-state index < -0.39 is 0 Å². The first-order chi connectivity index (χ1) is 18.3. The summed E-state index contributed by atoms with van der Waals surface area (Å²) in [7, 11) is 0. The van der Waals surface area contributed by atoms with Crippen molar-refractivity contribution in [2.75, 3.05) is 5.75 Å². The van der Waals surface area contributed by atoms with Crippen LogP contribution in [0.1, 0.15) is 5.56 Å². The smallest absolute Gasteiger partial charge is 0.250 e. The Bertz CT molecular complexity index is 1490. The van der Waals surface area contributed by atoms with Crippen LogP contribution in [0.4, 0.5) is 0 Å². The molecule has 0 radical (unpaired) electrons. The Hall–Kier alpha value is -4.76. The number of amides is 1. The molecule has 0 spiro atoms. The van der Waals surface area contributed by atoms with Crippen LogP contribution in [0.3, 0.4) is 0 Å². The van der Waals surface area contributed by atoms with Crippen molar-refractivity contribution in [2.24, 2.45) is 5.10 Å². The fraction of sp³-hybridized carbons (Fsp3) is 0.0357. The van der Waals surface area contributed by atoms with Crippen LogP contribution >= 0.6 is 11.8 Å². The van der Waals surface area contributed by atoms with Gasteiger partial charge in [0.1, 0.15) is 11.5 Å². The van der Waals surface area contributed by atoms with Gasteiger partial charge in [-0.3, -0.25) is 14.3 Å². The number of carbonyl (C=O) groups excluding carboxylic acids is 1. The molecule has 2 aromatic heterocycles. The maximum absolute atomic E-state index is 12.5. The zero-order valence-corrected chi connectivity index (χ0v) is 20.5. The summed E-state index contributed by atoms with van der Waals surface area (Å²) in [6, 6.07) is 30.5. The van der Waals surface area contributed by atoms with Gasteiger partial charge in [0, 0.05) is 23.6 Å². The largest absolute Gasteiger partial charge is 0.457 e. The maximum Gasteiger partial charge on any atom is 0.250 e. The summed E-state index contributed by atoms with van der Waals surface area (Å²) in [5, 5.41) is 13.4. The summed E-state index contributed by atoms with van der Waals surface area (Å²) in [4.78, 5) is 16.6. The fourth-order valence-electron chi connectivity index (χ4n) is 3.49. The molecule has 5 aromatic rings. The van der Waals surface area contributed by atoms with Gasteiger partial charge < -0.3 is 4.74 Å². The molecule has 0 aliphatic carbocycles. The molecule has 0 unspecified atom stereocenters. The van der Waals surface area contributed by atoms with Crippen LogP contribution < -0.4 is 10.2 Å². The summed E-state index contributed by atoms with van der Waals surface area (Å²) < 4.78 is 7.77. The summed E-state index contributed by atoms with van der Waals surface area (Å²) in [6.07, 6.45) is 5.00. The number of para-hydroxylation sites is 2. The van der Waals surface area contributed by atoms with E-state index >= 15 is 0 Å². The third-order valence-corrected chi connectivity index (χ3v) is 6.09. The molecule has 37 heavy (non-hydrogen) atoms. The van der Waals surface area contributed by atoms with Gasteiger partial charge in [-0.05, 0) is 54.1 Å². The first-order valence-electron chi connectivity index (χ1n) is 11.5. The van der Waals surface area contributed by atoms with Crippen molar-refractivity contribution >= 4 is 23.9 Å². The van der Waals surface area contributed by atoms with Crippen molar-refractivity contribution in [1.82, 2.24) is 25.2 Å². The number of thioether (sulfide) groups is 1. The van der Waals surface area contributed by atoms with E-state index in [2.05, 4.69) is 25.7 Å². The Labute approximate surface area is 218 Å². The van der Waals surface area contributed by atoms with Gasteiger partial charge in [0.15, 0.2) is 11.0 Å².